The summed E-state index contributed by atoms with van der Waals surface area (Å²) in [7, 11) is 0. The van der Waals surface area contributed by atoms with Crippen LogP contribution in [0, 0.1) is 12.7 Å². The van der Waals surface area contributed by atoms with Crippen LogP contribution in [0.25, 0.3) is 0 Å². The zero-order chi connectivity index (χ0) is 25.7. The molecule has 1 saturated carbocycles. The van der Waals surface area contributed by atoms with E-state index in [4.69, 9.17) is 23.2 Å². The van der Waals surface area contributed by atoms with E-state index in [9.17, 15) is 14.0 Å². The molecule has 0 unspecified atom stereocenters. The zero-order valence-electron chi connectivity index (χ0n) is 20.2. The van der Waals surface area contributed by atoms with Crippen LogP contribution in [-0.4, -0.2) is 34.2 Å². The summed E-state index contributed by atoms with van der Waals surface area (Å²) in [6, 6.07) is 13.0. The Kier molecular flexibility index (Phi) is 9.04. The number of hydrogen-bond donors (Lipinski definition) is 0. The third-order valence-electron chi connectivity index (χ3n) is 6.69. The Morgan fingerprint density at radius 1 is 0.972 bits per heavy atom. The Morgan fingerprint density at radius 2 is 1.69 bits per heavy atom. The van der Waals surface area contributed by atoms with Crippen LogP contribution in [0.2, 0.25) is 10.0 Å². The number of nitrogens with zero attached hydrogens (tertiary/aromatic N) is 2. The van der Waals surface area contributed by atoms with Crippen molar-refractivity contribution in [3.63, 3.8) is 0 Å². The van der Waals surface area contributed by atoms with E-state index in [1.165, 1.54) is 12.1 Å². The summed E-state index contributed by atoms with van der Waals surface area (Å²) >= 11 is 13.9. The van der Waals surface area contributed by atoms with Crippen LogP contribution < -0.4 is 0 Å². The molecule has 1 aliphatic rings. The van der Waals surface area contributed by atoms with E-state index in [-0.39, 0.29) is 30.2 Å². The summed E-state index contributed by atoms with van der Waals surface area (Å²) in [5.41, 5.74) is 2.37. The first-order valence-electron chi connectivity index (χ1n) is 12.1. The topological polar surface area (TPSA) is 40.6 Å². The summed E-state index contributed by atoms with van der Waals surface area (Å²) in [6.45, 7) is 2.75. The van der Waals surface area contributed by atoms with Crippen LogP contribution >= 0.6 is 34.5 Å². The highest BCUT2D eigenvalue weighted by molar-refractivity contribution is 7.10. The lowest BCUT2D eigenvalue weighted by molar-refractivity contribution is -0.133. The maximum absolute atomic E-state index is 13.8. The van der Waals surface area contributed by atoms with E-state index in [0.717, 1.165) is 48.1 Å². The van der Waals surface area contributed by atoms with Gasteiger partial charge in [-0.25, -0.2) is 4.39 Å². The molecule has 2 amide bonds. The molecule has 1 fully saturated rings. The normalized spacial score (nSPS) is 14.0. The van der Waals surface area contributed by atoms with Crippen LogP contribution in [-0.2, 0) is 17.9 Å². The zero-order valence-corrected chi connectivity index (χ0v) is 22.5. The molecule has 0 aliphatic heterocycles. The molecular weight excluding hydrogens is 518 g/mol. The molecule has 1 aliphatic carbocycles. The number of carbonyl (C=O) groups excluding carboxylic acids is 2. The predicted molar refractivity (Wildman–Crippen MR) is 144 cm³/mol. The molecule has 0 atom stereocenters. The van der Waals surface area contributed by atoms with Gasteiger partial charge in [0, 0.05) is 23.0 Å². The van der Waals surface area contributed by atoms with Crippen LogP contribution in [0.1, 0.15) is 58.5 Å². The van der Waals surface area contributed by atoms with Crippen molar-refractivity contribution >= 4 is 46.4 Å². The Balaban J connectivity index is 1.60. The van der Waals surface area contributed by atoms with Gasteiger partial charge in [0.2, 0.25) is 5.91 Å². The highest BCUT2D eigenvalue weighted by Crippen LogP contribution is 2.28. The number of hydrogen-bond acceptors (Lipinski definition) is 3. The van der Waals surface area contributed by atoms with Crippen molar-refractivity contribution in [2.24, 2.45) is 0 Å². The standard InChI is InChI=1S/C28H29Cl2FN2O2S/c1-19-13-14-36-26(19)17-32(16-20-7-10-22(31)11-8-20)27(34)18-33(23-5-3-2-4-6-23)28(35)21-9-12-24(29)25(30)15-21/h7-15,23H,2-6,16-18H2,1H3. The smallest absolute Gasteiger partial charge is 0.254 e. The number of amides is 2. The van der Waals surface area contributed by atoms with Crippen LogP contribution in [0.15, 0.2) is 53.9 Å². The van der Waals surface area contributed by atoms with Gasteiger partial charge in [0.25, 0.3) is 5.91 Å². The minimum atomic E-state index is -0.318. The Bertz CT molecular complexity index is 1210. The molecule has 4 nitrogen and oxygen atoms in total. The third-order valence-corrected chi connectivity index (χ3v) is 8.44. The quantitative estimate of drug-likeness (QED) is 0.293. The van der Waals surface area contributed by atoms with Gasteiger partial charge in [-0.3, -0.25) is 9.59 Å². The van der Waals surface area contributed by atoms with Crippen molar-refractivity contribution < 1.29 is 14.0 Å². The molecule has 36 heavy (non-hydrogen) atoms. The van der Waals surface area contributed by atoms with E-state index in [0.29, 0.717) is 28.7 Å². The van der Waals surface area contributed by atoms with Crippen molar-refractivity contribution in [3.05, 3.63) is 91.3 Å². The minimum absolute atomic E-state index is 0.0131. The number of thiophene rings is 1. The first-order valence-corrected chi connectivity index (χ1v) is 13.8. The number of carbonyl (C=O) groups is 2. The van der Waals surface area contributed by atoms with Crippen molar-refractivity contribution in [2.45, 2.75) is 58.2 Å². The fraction of sp³-hybridized carbons (Fsp3) is 0.357. The number of aryl methyl sites for hydroxylation is 1. The van der Waals surface area contributed by atoms with Crippen molar-refractivity contribution in [1.82, 2.24) is 9.80 Å². The van der Waals surface area contributed by atoms with Crippen LogP contribution in [0.5, 0.6) is 0 Å². The van der Waals surface area contributed by atoms with Gasteiger partial charge in [-0.15, -0.1) is 11.3 Å². The highest BCUT2D eigenvalue weighted by atomic mass is 35.5. The second kappa shape index (κ2) is 12.2. The number of halogens is 3. The lowest BCUT2D eigenvalue weighted by Gasteiger charge is -2.35. The van der Waals surface area contributed by atoms with Gasteiger partial charge in [0.15, 0.2) is 0 Å². The van der Waals surface area contributed by atoms with E-state index < -0.39 is 0 Å². The Hall–Kier alpha value is -2.41. The van der Waals surface area contributed by atoms with Crippen LogP contribution in [0.3, 0.4) is 0 Å². The van der Waals surface area contributed by atoms with Gasteiger partial charge in [-0.1, -0.05) is 54.6 Å². The molecule has 3 aromatic rings. The van der Waals surface area contributed by atoms with Crippen molar-refractivity contribution in [2.75, 3.05) is 6.54 Å². The monoisotopic (exact) mass is 546 g/mol. The van der Waals surface area contributed by atoms with Crippen molar-refractivity contribution in [1.29, 1.82) is 0 Å². The molecular formula is C28H29Cl2FN2O2S. The maximum atomic E-state index is 13.8. The number of benzene rings is 2. The van der Waals surface area contributed by atoms with E-state index in [1.807, 2.05) is 18.4 Å². The molecule has 0 bridgehead atoms. The lowest BCUT2D eigenvalue weighted by atomic mass is 9.93. The van der Waals surface area contributed by atoms with E-state index >= 15 is 0 Å². The summed E-state index contributed by atoms with van der Waals surface area (Å²) < 4.78 is 13.5. The van der Waals surface area contributed by atoms with E-state index in [1.54, 1.807) is 51.5 Å². The first-order chi connectivity index (χ1) is 17.3. The maximum Gasteiger partial charge on any atom is 0.254 e. The average Bonchev–Trinajstić information content (AvgIpc) is 3.29. The van der Waals surface area contributed by atoms with Crippen LogP contribution in [0.4, 0.5) is 4.39 Å². The van der Waals surface area contributed by atoms with Gasteiger partial charge >= 0.3 is 0 Å². The molecule has 4 rings (SSSR count). The summed E-state index contributed by atoms with van der Waals surface area (Å²) in [5, 5.41) is 2.70. The minimum Gasteiger partial charge on any atom is -0.332 e. The second-order valence-electron chi connectivity index (χ2n) is 9.26. The van der Waals surface area contributed by atoms with Gasteiger partial charge in [-0.05, 0) is 72.7 Å². The first kappa shape index (κ1) is 26.6. The highest BCUT2D eigenvalue weighted by Gasteiger charge is 2.30. The largest absolute Gasteiger partial charge is 0.332 e. The molecule has 8 heteroatoms. The molecule has 1 heterocycles. The Morgan fingerprint density at radius 3 is 2.33 bits per heavy atom. The summed E-state index contributed by atoms with van der Waals surface area (Å²) in [6.07, 6.45) is 4.91. The van der Waals surface area contributed by atoms with Gasteiger partial charge in [0.05, 0.1) is 16.6 Å². The molecule has 0 spiro atoms. The summed E-state index contributed by atoms with van der Waals surface area (Å²) in [5.74, 6) is -0.685. The fourth-order valence-electron chi connectivity index (χ4n) is 4.58. The SMILES string of the molecule is Cc1ccsc1CN(Cc1ccc(F)cc1)C(=O)CN(C(=O)c1ccc(Cl)c(Cl)c1)C1CCCCC1. The average molecular weight is 548 g/mol. The molecule has 0 N–H and O–H groups in total. The van der Waals surface area contributed by atoms with Gasteiger partial charge in [-0.2, -0.15) is 0 Å². The molecule has 190 valence electrons. The predicted octanol–water partition coefficient (Wildman–Crippen LogP) is 7.51. The van der Waals surface area contributed by atoms with Gasteiger partial charge < -0.3 is 9.80 Å². The van der Waals surface area contributed by atoms with Gasteiger partial charge in [0.1, 0.15) is 12.4 Å². The van der Waals surface area contributed by atoms with E-state index in [2.05, 4.69) is 0 Å². The molecule has 0 radical (unpaired) electrons. The lowest BCUT2D eigenvalue weighted by Crippen LogP contribution is -2.48. The summed E-state index contributed by atoms with van der Waals surface area (Å²) in [4.78, 5) is 32.0. The molecule has 0 saturated heterocycles. The second-order valence-corrected chi connectivity index (χ2v) is 11.1. The fourth-order valence-corrected chi connectivity index (χ4v) is 5.80. The number of rotatable bonds is 8. The molecule has 2 aromatic carbocycles. The van der Waals surface area contributed by atoms with Crippen molar-refractivity contribution in [3.8, 4) is 0 Å². The Labute approximate surface area is 225 Å². The third kappa shape index (κ3) is 6.67. The molecule has 1 aromatic heterocycles.